The van der Waals surface area contributed by atoms with Gasteiger partial charge in [0.15, 0.2) is 5.84 Å². The van der Waals surface area contributed by atoms with Crippen LogP contribution < -0.4 is 38.8 Å². The highest BCUT2D eigenvalue weighted by molar-refractivity contribution is 5.99. The van der Waals surface area contributed by atoms with Crippen molar-refractivity contribution in [2.75, 3.05) is 37.8 Å². The quantitative estimate of drug-likeness (QED) is 0.0493. The van der Waals surface area contributed by atoms with Crippen LogP contribution in [0.15, 0.2) is 77.9 Å². The summed E-state index contributed by atoms with van der Waals surface area (Å²) in [7, 11) is 3.67. The molecule has 246 valence electrons. The van der Waals surface area contributed by atoms with Gasteiger partial charge >= 0.3 is 0 Å². The summed E-state index contributed by atoms with van der Waals surface area (Å²) >= 11 is 0. The van der Waals surface area contributed by atoms with E-state index in [1.807, 2.05) is 62.6 Å². The van der Waals surface area contributed by atoms with Gasteiger partial charge in [-0.25, -0.2) is 11.4 Å². The monoisotopic (exact) mass is 629 g/mol. The van der Waals surface area contributed by atoms with E-state index < -0.39 is 6.04 Å². The Labute approximate surface area is 271 Å². The van der Waals surface area contributed by atoms with Crippen molar-refractivity contribution in [3.8, 4) is 11.1 Å². The van der Waals surface area contributed by atoms with E-state index in [-0.39, 0.29) is 30.6 Å². The average Bonchev–Trinajstić information content (AvgIpc) is 3.06. The highest BCUT2D eigenvalue weighted by Gasteiger charge is 2.19. The van der Waals surface area contributed by atoms with Crippen LogP contribution in [0.25, 0.3) is 11.1 Å². The SMILES string of the molecule is CN(C)CC(=O)Nc1ccccc1-c1ccc(C[C@H](NC=O)C(=O)Nc2ccc(/C(N)=N/NN)cc2)cc1.NCC1CCCCC1. The molecular formula is C34H47N9O3. The molecule has 12 heteroatoms. The molecule has 1 atom stereocenters. The fourth-order valence-electron chi connectivity index (χ4n) is 5.20. The second-order valence-corrected chi connectivity index (χ2v) is 11.5. The number of amidine groups is 1. The number of nitrogens with two attached hydrogens (primary N) is 3. The van der Waals surface area contributed by atoms with Gasteiger partial charge in [-0.3, -0.25) is 14.4 Å². The number of nitrogens with zero attached hydrogens (tertiary/aromatic N) is 2. The van der Waals surface area contributed by atoms with Gasteiger partial charge in [0, 0.05) is 28.9 Å². The highest BCUT2D eigenvalue weighted by Crippen LogP contribution is 2.28. The van der Waals surface area contributed by atoms with Crippen molar-refractivity contribution in [2.24, 2.45) is 28.3 Å². The van der Waals surface area contributed by atoms with Crippen molar-refractivity contribution < 1.29 is 14.4 Å². The average molecular weight is 630 g/mol. The Bertz CT molecular complexity index is 1420. The Morgan fingerprint density at radius 2 is 1.63 bits per heavy atom. The second-order valence-electron chi connectivity index (χ2n) is 11.5. The molecule has 0 aromatic heterocycles. The fourth-order valence-corrected chi connectivity index (χ4v) is 5.20. The third-order valence-corrected chi connectivity index (χ3v) is 7.64. The summed E-state index contributed by atoms with van der Waals surface area (Å²) in [5.74, 6) is 5.73. The van der Waals surface area contributed by atoms with E-state index in [1.165, 1.54) is 32.1 Å². The fraction of sp³-hybridized carbons (Fsp3) is 0.353. The summed E-state index contributed by atoms with van der Waals surface area (Å²) in [5.41, 5.74) is 17.9. The highest BCUT2D eigenvalue weighted by atomic mass is 16.2. The minimum absolute atomic E-state index is 0.105. The molecule has 3 amide bonds. The van der Waals surface area contributed by atoms with Gasteiger partial charge in [-0.2, -0.15) is 0 Å². The normalized spacial score (nSPS) is 14.0. The molecule has 0 radical (unpaired) electrons. The minimum Gasteiger partial charge on any atom is -0.382 e. The maximum absolute atomic E-state index is 12.9. The van der Waals surface area contributed by atoms with Crippen LogP contribution in [-0.2, 0) is 20.8 Å². The molecule has 0 aliphatic heterocycles. The number of hydrogen-bond acceptors (Lipinski definition) is 8. The number of carbonyl (C=O) groups excluding carboxylic acids is 3. The third kappa shape index (κ3) is 11.6. The van der Waals surface area contributed by atoms with Crippen LogP contribution in [0.3, 0.4) is 0 Å². The number of anilines is 2. The Hall–Kier alpha value is -4.78. The standard InChI is InChI=1S/C27H32N8O3.C7H15N/c1-35(2)16-25(37)32-23-6-4-3-5-22(23)19-9-7-18(8-10-19)15-24(30-17-36)27(38)31-21-13-11-20(12-14-21)26(28)33-34-29;8-6-7-4-2-1-3-5-7/h3-14,17,24,34H,15-16,29H2,1-2H3,(H2,28,33)(H,30,36)(H,31,38)(H,32,37);7H,1-6,8H2/t24-;/m0./s1. The number of carbonyl (C=O) groups is 3. The maximum atomic E-state index is 12.9. The molecule has 0 bridgehead atoms. The second kappa shape index (κ2) is 18.9. The van der Waals surface area contributed by atoms with Crippen LogP contribution in [-0.4, -0.2) is 62.2 Å². The number of hydrazone groups is 1. The number of hydrogen-bond donors (Lipinski definition) is 7. The third-order valence-electron chi connectivity index (χ3n) is 7.64. The lowest BCUT2D eigenvalue weighted by Crippen LogP contribution is -2.41. The summed E-state index contributed by atoms with van der Waals surface area (Å²) in [4.78, 5) is 38.2. The Morgan fingerprint density at radius 3 is 2.22 bits per heavy atom. The summed E-state index contributed by atoms with van der Waals surface area (Å²) in [5, 5.41) is 12.0. The number of rotatable bonds is 13. The molecule has 4 rings (SSSR count). The van der Waals surface area contributed by atoms with Crippen molar-refractivity contribution >= 4 is 35.4 Å². The summed E-state index contributed by atoms with van der Waals surface area (Å²) in [6.07, 6.45) is 7.84. The number of benzene rings is 3. The van der Waals surface area contributed by atoms with Crippen LogP contribution in [0, 0.1) is 5.92 Å². The summed E-state index contributed by atoms with van der Waals surface area (Å²) < 4.78 is 0. The molecule has 0 saturated heterocycles. The largest absolute Gasteiger partial charge is 0.382 e. The first kappa shape index (κ1) is 35.7. The zero-order valence-electron chi connectivity index (χ0n) is 26.7. The Balaban J connectivity index is 0.000000625. The maximum Gasteiger partial charge on any atom is 0.247 e. The van der Waals surface area contributed by atoms with Gasteiger partial charge in [-0.15, -0.1) is 5.10 Å². The Morgan fingerprint density at radius 1 is 0.957 bits per heavy atom. The molecular weight excluding hydrogens is 582 g/mol. The molecule has 0 unspecified atom stereocenters. The predicted molar refractivity (Wildman–Crippen MR) is 185 cm³/mol. The molecule has 12 nitrogen and oxygen atoms in total. The van der Waals surface area contributed by atoms with Crippen LogP contribution in [0.1, 0.15) is 43.2 Å². The molecule has 1 fully saturated rings. The van der Waals surface area contributed by atoms with Crippen molar-refractivity contribution in [2.45, 2.75) is 44.6 Å². The molecule has 10 N–H and O–H groups in total. The van der Waals surface area contributed by atoms with Crippen molar-refractivity contribution in [1.29, 1.82) is 0 Å². The van der Waals surface area contributed by atoms with E-state index in [4.69, 9.17) is 17.3 Å². The lowest BCUT2D eigenvalue weighted by atomic mass is 9.90. The lowest BCUT2D eigenvalue weighted by Gasteiger charge is -2.18. The number of likely N-dealkylation sites (N-methyl/N-ethyl adjacent to an activating group) is 1. The zero-order valence-corrected chi connectivity index (χ0v) is 26.7. The van der Waals surface area contributed by atoms with Gasteiger partial charge in [-0.1, -0.05) is 61.7 Å². The van der Waals surface area contributed by atoms with Gasteiger partial charge < -0.3 is 32.3 Å². The van der Waals surface area contributed by atoms with Gasteiger partial charge in [0.05, 0.1) is 6.54 Å². The van der Waals surface area contributed by atoms with Gasteiger partial charge in [0.25, 0.3) is 0 Å². The Kier molecular flexibility index (Phi) is 14.7. The molecule has 1 saturated carbocycles. The number of para-hydroxylation sites is 1. The smallest absolute Gasteiger partial charge is 0.247 e. The molecule has 1 aliphatic carbocycles. The van der Waals surface area contributed by atoms with Crippen LogP contribution >= 0.6 is 0 Å². The van der Waals surface area contributed by atoms with Gasteiger partial charge in [-0.05, 0) is 80.9 Å². The van der Waals surface area contributed by atoms with Gasteiger partial charge in [0.1, 0.15) is 6.04 Å². The topological polar surface area (TPSA) is 193 Å². The molecule has 46 heavy (non-hydrogen) atoms. The number of nitrogens with one attached hydrogen (secondary N) is 4. The predicted octanol–water partition coefficient (Wildman–Crippen LogP) is 2.76. The first-order valence-corrected chi connectivity index (χ1v) is 15.5. The molecule has 0 spiro atoms. The molecule has 1 aliphatic rings. The van der Waals surface area contributed by atoms with Gasteiger partial charge in [0.2, 0.25) is 18.2 Å². The summed E-state index contributed by atoms with van der Waals surface area (Å²) in [6, 6.07) is 21.1. The first-order valence-electron chi connectivity index (χ1n) is 15.5. The lowest BCUT2D eigenvalue weighted by molar-refractivity contribution is -0.121. The van der Waals surface area contributed by atoms with Crippen molar-refractivity contribution in [1.82, 2.24) is 15.8 Å². The minimum atomic E-state index is -0.788. The van der Waals surface area contributed by atoms with E-state index in [1.54, 1.807) is 29.2 Å². The van der Waals surface area contributed by atoms with Crippen LogP contribution in [0.4, 0.5) is 11.4 Å². The van der Waals surface area contributed by atoms with E-state index in [9.17, 15) is 14.4 Å². The van der Waals surface area contributed by atoms with Crippen molar-refractivity contribution in [3.63, 3.8) is 0 Å². The number of amides is 3. The van der Waals surface area contributed by atoms with E-state index in [0.29, 0.717) is 23.3 Å². The number of hydrazine groups is 1. The molecule has 3 aromatic rings. The molecule has 0 heterocycles. The van der Waals surface area contributed by atoms with Crippen molar-refractivity contribution in [3.05, 3.63) is 83.9 Å². The first-order chi connectivity index (χ1) is 22.2. The van der Waals surface area contributed by atoms with Crippen LogP contribution in [0.5, 0.6) is 0 Å². The summed E-state index contributed by atoms with van der Waals surface area (Å²) in [6.45, 7) is 1.19. The van der Waals surface area contributed by atoms with Crippen LogP contribution in [0.2, 0.25) is 0 Å². The van der Waals surface area contributed by atoms with E-state index >= 15 is 0 Å². The van der Waals surface area contributed by atoms with E-state index in [2.05, 4.69) is 26.6 Å². The zero-order chi connectivity index (χ0) is 33.3. The van der Waals surface area contributed by atoms with E-state index in [0.717, 1.165) is 29.2 Å². The molecule has 3 aromatic carbocycles.